The van der Waals surface area contributed by atoms with Crippen molar-refractivity contribution in [3.8, 4) is 0 Å². The summed E-state index contributed by atoms with van der Waals surface area (Å²) in [6, 6.07) is 4.06. The Labute approximate surface area is 142 Å². The summed E-state index contributed by atoms with van der Waals surface area (Å²) >= 11 is 0. The van der Waals surface area contributed by atoms with E-state index in [2.05, 4.69) is 14.5 Å². The van der Waals surface area contributed by atoms with Gasteiger partial charge in [-0.2, -0.15) is 0 Å². The summed E-state index contributed by atoms with van der Waals surface area (Å²) in [6.45, 7) is 2.91. The fourth-order valence-corrected chi connectivity index (χ4v) is 3.23. The summed E-state index contributed by atoms with van der Waals surface area (Å²) in [7, 11) is 1.63. The molecule has 128 valence electrons. The molecule has 1 saturated heterocycles. The number of pyridine rings is 1. The Kier molecular flexibility index (Phi) is 5.59. The van der Waals surface area contributed by atoms with E-state index in [9.17, 15) is 4.79 Å². The Balaban J connectivity index is 1.59. The van der Waals surface area contributed by atoms with Gasteiger partial charge >= 0.3 is 0 Å². The van der Waals surface area contributed by atoms with Gasteiger partial charge in [-0.25, -0.2) is 4.98 Å². The molecule has 0 N–H and O–H groups in total. The van der Waals surface area contributed by atoms with Crippen molar-refractivity contribution in [1.29, 1.82) is 0 Å². The molecule has 0 bridgehead atoms. The van der Waals surface area contributed by atoms with Crippen molar-refractivity contribution >= 4 is 5.91 Å². The van der Waals surface area contributed by atoms with Gasteiger partial charge in [-0.1, -0.05) is 0 Å². The highest BCUT2D eigenvalue weighted by atomic mass is 16.5. The third-order valence-corrected chi connectivity index (χ3v) is 4.58. The van der Waals surface area contributed by atoms with Gasteiger partial charge in [-0.3, -0.25) is 9.78 Å². The number of aromatic nitrogens is 3. The van der Waals surface area contributed by atoms with Crippen molar-refractivity contribution in [3.05, 3.63) is 48.3 Å². The molecule has 3 rings (SSSR count). The molecule has 3 heterocycles. The van der Waals surface area contributed by atoms with Crippen LogP contribution < -0.4 is 0 Å². The molecule has 2 aromatic heterocycles. The summed E-state index contributed by atoms with van der Waals surface area (Å²) in [4.78, 5) is 22.7. The minimum absolute atomic E-state index is 0.190. The summed E-state index contributed by atoms with van der Waals surface area (Å²) in [6.07, 6.45) is 9.93. The standard InChI is InChI=1S/C18H24N4O2/c1-24-13-6-17(23)21-10-4-16(5-11-21)18-20-9-12-22(18)14-15-2-7-19-8-3-15/h2-3,7-9,12,16H,4-6,10-11,13-14H2,1H3. The fourth-order valence-electron chi connectivity index (χ4n) is 3.23. The molecule has 1 aliphatic rings. The molecule has 24 heavy (non-hydrogen) atoms. The van der Waals surface area contributed by atoms with Crippen LogP contribution in [0.25, 0.3) is 0 Å². The second-order valence-corrected chi connectivity index (χ2v) is 6.17. The third kappa shape index (κ3) is 4.00. The lowest BCUT2D eigenvalue weighted by Gasteiger charge is -2.32. The van der Waals surface area contributed by atoms with E-state index in [4.69, 9.17) is 4.74 Å². The van der Waals surface area contributed by atoms with E-state index in [-0.39, 0.29) is 5.91 Å². The second-order valence-electron chi connectivity index (χ2n) is 6.17. The first kappa shape index (κ1) is 16.6. The Morgan fingerprint density at radius 1 is 1.25 bits per heavy atom. The van der Waals surface area contributed by atoms with Crippen molar-refractivity contribution in [2.75, 3.05) is 26.8 Å². The summed E-state index contributed by atoms with van der Waals surface area (Å²) < 4.78 is 7.20. The van der Waals surface area contributed by atoms with Crippen LogP contribution in [0.2, 0.25) is 0 Å². The molecule has 1 aliphatic heterocycles. The van der Waals surface area contributed by atoms with Crippen LogP contribution in [0, 0.1) is 0 Å². The van der Waals surface area contributed by atoms with Crippen molar-refractivity contribution in [1.82, 2.24) is 19.4 Å². The Bertz CT molecular complexity index is 648. The number of rotatable bonds is 6. The first-order chi connectivity index (χ1) is 11.8. The maximum Gasteiger partial charge on any atom is 0.224 e. The monoisotopic (exact) mass is 328 g/mol. The third-order valence-electron chi connectivity index (χ3n) is 4.58. The molecule has 1 fully saturated rings. The van der Waals surface area contributed by atoms with Gasteiger partial charge in [0.2, 0.25) is 5.91 Å². The normalized spacial score (nSPS) is 15.6. The van der Waals surface area contributed by atoms with Crippen LogP contribution in [0.15, 0.2) is 36.9 Å². The molecule has 0 spiro atoms. The number of hydrogen-bond acceptors (Lipinski definition) is 4. The molecular weight excluding hydrogens is 304 g/mol. The summed E-state index contributed by atoms with van der Waals surface area (Å²) in [5, 5.41) is 0. The van der Waals surface area contributed by atoms with Crippen LogP contribution in [0.5, 0.6) is 0 Å². The van der Waals surface area contributed by atoms with Crippen molar-refractivity contribution in [2.24, 2.45) is 0 Å². The number of imidazole rings is 1. The number of piperidine rings is 1. The maximum atomic E-state index is 12.1. The molecule has 2 aromatic rings. The Hall–Kier alpha value is -2.21. The van der Waals surface area contributed by atoms with E-state index in [1.807, 2.05) is 41.8 Å². The van der Waals surface area contributed by atoms with Gasteiger partial charge in [0.15, 0.2) is 0 Å². The molecule has 0 unspecified atom stereocenters. The van der Waals surface area contributed by atoms with Gasteiger partial charge in [0.05, 0.1) is 13.0 Å². The number of likely N-dealkylation sites (tertiary alicyclic amines) is 1. The van der Waals surface area contributed by atoms with E-state index in [0.717, 1.165) is 38.3 Å². The number of carbonyl (C=O) groups excluding carboxylic acids is 1. The van der Waals surface area contributed by atoms with Crippen molar-refractivity contribution < 1.29 is 9.53 Å². The topological polar surface area (TPSA) is 60.2 Å². The quantitative estimate of drug-likeness (QED) is 0.814. The molecule has 0 saturated carbocycles. The van der Waals surface area contributed by atoms with E-state index in [0.29, 0.717) is 18.9 Å². The first-order valence-electron chi connectivity index (χ1n) is 8.44. The van der Waals surface area contributed by atoms with Crippen LogP contribution in [0.4, 0.5) is 0 Å². The average Bonchev–Trinajstić information content (AvgIpc) is 3.09. The van der Waals surface area contributed by atoms with E-state index < -0.39 is 0 Å². The molecular formula is C18H24N4O2. The molecule has 0 aromatic carbocycles. The molecule has 0 aliphatic carbocycles. The van der Waals surface area contributed by atoms with Gasteiger partial charge in [-0.05, 0) is 30.5 Å². The maximum absolute atomic E-state index is 12.1. The number of nitrogens with zero attached hydrogens (tertiary/aromatic N) is 4. The largest absolute Gasteiger partial charge is 0.384 e. The summed E-state index contributed by atoms with van der Waals surface area (Å²) in [5.74, 6) is 1.72. The predicted octanol–water partition coefficient (Wildman–Crippen LogP) is 2.07. The van der Waals surface area contributed by atoms with Gasteiger partial charge < -0.3 is 14.2 Å². The minimum Gasteiger partial charge on any atom is -0.384 e. The molecule has 6 nitrogen and oxygen atoms in total. The first-order valence-corrected chi connectivity index (χ1v) is 8.44. The number of methoxy groups -OCH3 is 1. The zero-order chi connectivity index (χ0) is 16.8. The zero-order valence-corrected chi connectivity index (χ0v) is 14.1. The number of carbonyl (C=O) groups is 1. The minimum atomic E-state index is 0.190. The van der Waals surface area contributed by atoms with Crippen LogP contribution in [-0.4, -0.2) is 52.1 Å². The highest BCUT2D eigenvalue weighted by molar-refractivity contribution is 5.76. The molecule has 6 heteroatoms. The van der Waals surface area contributed by atoms with E-state index in [1.165, 1.54) is 5.56 Å². The number of ether oxygens (including phenoxy) is 1. The number of amides is 1. The average molecular weight is 328 g/mol. The number of hydrogen-bond donors (Lipinski definition) is 0. The predicted molar refractivity (Wildman–Crippen MR) is 90.6 cm³/mol. The Morgan fingerprint density at radius 2 is 2.00 bits per heavy atom. The highest BCUT2D eigenvalue weighted by Gasteiger charge is 2.26. The van der Waals surface area contributed by atoms with Crippen molar-refractivity contribution in [2.45, 2.75) is 31.7 Å². The highest BCUT2D eigenvalue weighted by Crippen LogP contribution is 2.27. The Morgan fingerprint density at radius 3 is 2.71 bits per heavy atom. The lowest BCUT2D eigenvalue weighted by molar-refractivity contribution is -0.133. The van der Waals surface area contributed by atoms with E-state index >= 15 is 0 Å². The van der Waals surface area contributed by atoms with Gasteiger partial charge in [0.25, 0.3) is 0 Å². The SMILES string of the molecule is COCCC(=O)N1CCC(c2nccn2Cc2ccncc2)CC1. The van der Waals surface area contributed by atoms with Gasteiger partial charge in [0.1, 0.15) is 5.82 Å². The molecule has 0 radical (unpaired) electrons. The summed E-state index contributed by atoms with van der Waals surface area (Å²) in [5.41, 5.74) is 1.22. The van der Waals surface area contributed by atoms with Crippen LogP contribution in [0.1, 0.15) is 36.6 Å². The lowest BCUT2D eigenvalue weighted by atomic mass is 9.95. The smallest absolute Gasteiger partial charge is 0.224 e. The second kappa shape index (κ2) is 8.06. The molecule has 1 amide bonds. The van der Waals surface area contributed by atoms with Gasteiger partial charge in [0, 0.05) is 57.4 Å². The van der Waals surface area contributed by atoms with Crippen molar-refractivity contribution in [3.63, 3.8) is 0 Å². The van der Waals surface area contributed by atoms with Crippen LogP contribution >= 0.6 is 0 Å². The van der Waals surface area contributed by atoms with E-state index in [1.54, 1.807) is 7.11 Å². The molecule has 0 atom stereocenters. The lowest BCUT2D eigenvalue weighted by Crippen LogP contribution is -2.38. The zero-order valence-electron chi connectivity index (χ0n) is 14.1. The van der Waals surface area contributed by atoms with Crippen LogP contribution in [0.3, 0.4) is 0 Å². The van der Waals surface area contributed by atoms with Crippen LogP contribution in [-0.2, 0) is 16.1 Å². The fraction of sp³-hybridized carbons (Fsp3) is 0.500. The van der Waals surface area contributed by atoms with Gasteiger partial charge in [-0.15, -0.1) is 0 Å².